The summed E-state index contributed by atoms with van der Waals surface area (Å²) in [6.45, 7) is 2.20. The highest BCUT2D eigenvalue weighted by molar-refractivity contribution is 9.10. The summed E-state index contributed by atoms with van der Waals surface area (Å²) in [7, 11) is 1.77. The second-order valence-corrected chi connectivity index (χ2v) is 4.36. The van der Waals surface area contributed by atoms with Crippen molar-refractivity contribution in [1.82, 2.24) is 9.47 Å². The number of rotatable bonds is 4. The van der Waals surface area contributed by atoms with Gasteiger partial charge in [0.1, 0.15) is 5.69 Å². The summed E-state index contributed by atoms with van der Waals surface area (Å²) < 4.78 is 2.53. The zero-order chi connectivity index (χ0) is 12.3. The van der Waals surface area contributed by atoms with Gasteiger partial charge in [0, 0.05) is 24.3 Å². The molecule has 0 spiro atoms. The summed E-state index contributed by atoms with van der Waals surface area (Å²) >= 11 is 3.29. The van der Waals surface area contributed by atoms with Gasteiger partial charge in [0.25, 0.3) is 5.91 Å². The number of hydrogen-bond donors (Lipinski definition) is 1. The Kier molecular flexibility index (Phi) is 4.12. The molecule has 0 aliphatic heterocycles. The number of primary amides is 1. The summed E-state index contributed by atoms with van der Waals surface area (Å²) in [5.74, 6) is -0.710. The SMILES string of the molecule is CCN(CC(N)=O)C(=O)c1cc(Br)cn1C. The molecule has 0 radical (unpaired) electrons. The molecule has 0 fully saturated rings. The van der Waals surface area contributed by atoms with E-state index in [0.29, 0.717) is 12.2 Å². The smallest absolute Gasteiger partial charge is 0.270 e. The second-order valence-electron chi connectivity index (χ2n) is 3.44. The minimum absolute atomic E-state index is 0.0574. The summed E-state index contributed by atoms with van der Waals surface area (Å²) in [4.78, 5) is 24.2. The first-order valence-corrected chi connectivity index (χ1v) is 5.64. The number of aromatic nitrogens is 1. The number of carbonyl (C=O) groups excluding carboxylic acids is 2. The van der Waals surface area contributed by atoms with Crippen LogP contribution >= 0.6 is 15.9 Å². The standard InChI is InChI=1S/C10H14BrN3O2/c1-3-14(6-9(12)15)10(16)8-4-7(11)5-13(8)2/h4-5H,3,6H2,1-2H3,(H2,12,15). The number of nitrogens with zero attached hydrogens (tertiary/aromatic N) is 2. The number of carbonyl (C=O) groups is 2. The van der Waals surface area contributed by atoms with Crippen LogP contribution in [0.1, 0.15) is 17.4 Å². The van der Waals surface area contributed by atoms with Gasteiger partial charge < -0.3 is 15.2 Å². The molecule has 1 aromatic rings. The van der Waals surface area contributed by atoms with Crippen molar-refractivity contribution in [3.05, 3.63) is 22.4 Å². The van der Waals surface area contributed by atoms with E-state index in [1.165, 1.54) is 4.90 Å². The van der Waals surface area contributed by atoms with E-state index in [-0.39, 0.29) is 12.5 Å². The van der Waals surface area contributed by atoms with E-state index in [4.69, 9.17) is 5.73 Å². The fraction of sp³-hybridized carbons (Fsp3) is 0.400. The van der Waals surface area contributed by atoms with Crippen LogP contribution in [-0.2, 0) is 11.8 Å². The van der Waals surface area contributed by atoms with Crippen molar-refractivity contribution in [3.63, 3.8) is 0 Å². The molecule has 0 saturated carbocycles. The highest BCUT2D eigenvalue weighted by Crippen LogP contribution is 2.15. The number of nitrogens with two attached hydrogens (primary N) is 1. The molecule has 1 heterocycles. The molecule has 16 heavy (non-hydrogen) atoms. The molecule has 0 aliphatic carbocycles. The molecule has 5 nitrogen and oxygen atoms in total. The summed E-state index contributed by atoms with van der Waals surface area (Å²) in [6.07, 6.45) is 1.78. The van der Waals surface area contributed by atoms with E-state index in [0.717, 1.165) is 4.47 Å². The van der Waals surface area contributed by atoms with Gasteiger partial charge in [-0.1, -0.05) is 0 Å². The Hall–Kier alpha value is -1.30. The Bertz CT molecular complexity index is 414. The minimum Gasteiger partial charge on any atom is -0.368 e. The Balaban J connectivity index is 2.91. The van der Waals surface area contributed by atoms with E-state index in [2.05, 4.69) is 15.9 Å². The molecule has 0 aliphatic rings. The van der Waals surface area contributed by atoms with Gasteiger partial charge in [-0.15, -0.1) is 0 Å². The normalized spacial score (nSPS) is 10.2. The third-order valence-corrected chi connectivity index (χ3v) is 2.64. The van der Waals surface area contributed by atoms with Gasteiger partial charge in [0.15, 0.2) is 0 Å². The quantitative estimate of drug-likeness (QED) is 0.887. The van der Waals surface area contributed by atoms with Crippen molar-refractivity contribution in [2.45, 2.75) is 6.92 Å². The number of halogens is 1. The molecule has 88 valence electrons. The van der Waals surface area contributed by atoms with Crippen LogP contribution in [0.3, 0.4) is 0 Å². The van der Waals surface area contributed by atoms with Gasteiger partial charge in [0.05, 0.1) is 6.54 Å². The number of aryl methyl sites for hydroxylation is 1. The zero-order valence-corrected chi connectivity index (χ0v) is 10.8. The monoisotopic (exact) mass is 287 g/mol. The molecule has 0 atom stereocenters. The first kappa shape index (κ1) is 12.8. The van der Waals surface area contributed by atoms with Gasteiger partial charge in [-0.2, -0.15) is 0 Å². The third-order valence-electron chi connectivity index (χ3n) is 2.21. The topological polar surface area (TPSA) is 68.3 Å². The molecule has 2 N–H and O–H groups in total. The van der Waals surface area contributed by atoms with E-state index in [1.54, 1.807) is 30.8 Å². The van der Waals surface area contributed by atoms with Gasteiger partial charge in [-0.05, 0) is 28.9 Å². The van der Waals surface area contributed by atoms with Crippen molar-refractivity contribution >= 4 is 27.7 Å². The van der Waals surface area contributed by atoms with Crippen molar-refractivity contribution in [2.24, 2.45) is 12.8 Å². The summed E-state index contributed by atoms with van der Waals surface area (Å²) in [5, 5.41) is 0. The summed E-state index contributed by atoms with van der Waals surface area (Å²) in [5.41, 5.74) is 5.60. The predicted octanol–water partition coefficient (Wildman–Crippen LogP) is 0.735. The van der Waals surface area contributed by atoms with Crippen molar-refractivity contribution in [2.75, 3.05) is 13.1 Å². The van der Waals surface area contributed by atoms with E-state index >= 15 is 0 Å². The molecule has 0 bridgehead atoms. The Morgan fingerprint density at radius 3 is 2.56 bits per heavy atom. The maximum Gasteiger partial charge on any atom is 0.270 e. The Morgan fingerprint density at radius 1 is 1.56 bits per heavy atom. The molecule has 1 aromatic heterocycles. The summed E-state index contributed by atoms with van der Waals surface area (Å²) in [6, 6.07) is 1.71. The lowest BCUT2D eigenvalue weighted by molar-refractivity contribution is -0.118. The maximum absolute atomic E-state index is 12.0. The fourth-order valence-electron chi connectivity index (χ4n) is 1.41. The second kappa shape index (κ2) is 5.16. The van der Waals surface area contributed by atoms with Gasteiger partial charge in [-0.25, -0.2) is 0 Å². The predicted molar refractivity (Wildman–Crippen MR) is 63.9 cm³/mol. The Morgan fingerprint density at radius 2 is 2.19 bits per heavy atom. The Labute approximate surface area is 102 Å². The molecule has 0 aromatic carbocycles. The van der Waals surface area contributed by atoms with Crippen LogP contribution < -0.4 is 5.73 Å². The lowest BCUT2D eigenvalue weighted by Crippen LogP contribution is -2.38. The molecular formula is C10H14BrN3O2. The maximum atomic E-state index is 12.0. The molecule has 2 amide bonds. The number of hydrogen-bond acceptors (Lipinski definition) is 2. The van der Waals surface area contributed by atoms with Crippen LogP contribution in [0.4, 0.5) is 0 Å². The molecule has 0 unspecified atom stereocenters. The molecule has 6 heteroatoms. The van der Waals surface area contributed by atoms with Crippen molar-refractivity contribution in [3.8, 4) is 0 Å². The molecule has 0 saturated heterocycles. The average Bonchev–Trinajstić information content (AvgIpc) is 2.53. The van der Waals surface area contributed by atoms with Crippen LogP contribution in [0.15, 0.2) is 16.7 Å². The van der Waals surface area contributed by atoms with Crippen LogP contribution in [-0.4, -0.2) is 34.4 Å². The van der Waals surface area contributed by atoms with Gasteiger partial charge in [0.2, 0.25) is 5.91 Å². The van der Waals surface area contributed by atoms with Gasteiger partial charge >= 0.3 is 0 Å². The average molecular weight is 288 g/mol. The first-order chi connectivity index (χ1) is 7.45. The largest absolute Gasteiger partial charge is 0.368 e. The van der Waals surface area contributed by atoms with Crippen LogP contribution in [0.25, 0.3) is 0 Å². The third kappa shape index (κ3) is 2.85. The first-order valence-electron chi connectivity index (χ1n) is 4.85. The van der Waals surface area contributed by atoms with Crippen LogP contribution in [0.2, 0.25) is 0 Å². The zero-order valence-electron chi connectivity index (χ0n) is 9.24. The fourth-order valence-corrected chi connectivity index (χ4v) is 1.94. The van der Waals surface area contributed by atoms with Crippen molar-refractivity contribution < 1.29 is 9.59 Å². The minimum atomic E-state index is -0.511. The van der Waals surface area contributed by atoms with E-state index < -0.39 is 5.91 Å². The molecule has 1 rings (SSSR count). The lowest BCUT2D eigenvalue weighted by atomic mass is 10.3. The number of amides is 2. The van der Waals surface area contributed by atoms with Crippen LogP contribution in [0, 0.1) is 0 Å². The number of likely N-dealkylation sites (N-methyl/N-ethyl adjacent to an activating group) is 1. The highest BCUT2D eigenvalue weighted by atomic mass is 79.9. The van der Waals surface area contributed by atoms with Crippen LogP contribution in [0.5, 0.6) is 0 Å². The lowest BCUT2D eigenvalue weighted by Gasteiger charge is -2.19. The van der Waals surface area contributed by atoms with E-state index in [1.807, 2.05) is 0 Å². The van der Waals surface area contributed by atoms with Gasteiger partial charge in [-0.3, -0.25) is 9.59 Å². The van der Waals surface area contributed by atoms with Crippen molar-refractivity contribution in [1.29, 1.82) is 0 Å². The molecular weight excluding hydrogens is 274 g/mol. The highest BCUT2D eigenvalue weighted by Gasteiger charge is 2.18. The van der Waals surface area contributed by atoms with E-state index in [9.17, 15) is 9.59 Å².